The normalized spacial score (nSPS) is 10.7. The van der Waals surface area contributed by atoms with E-state index in [0.29, 0.717) is 0 Å². The molecule has 4 aromatic rings. The highest BCUT2D eigenvalue weighted by Crippen LogP contribution is 2.32. The fraction of sp³-hybridized carbons (Fsp3) is 0. The Morgan fingerprint density at radius 3 is 2.76 bits per heavy atom. The van der Waals surface area contributed by atoms with Gasteiger partial charge in [-0.1, -0.05) is 24.3 Å². The molecular weight excluding hydrogens is 336 g/mol. The lowest BCUT2D eigenvalue weighted by Crippen LogP contribution is -1.99. The highest BCUT2D eigenvalue weighted by atomic mass is 32.1. The number of pyridine rings is 1. The summed E-state index contributed by atoms with van der Waals surface area (Å²) in [5, 5.41) is 15.0. The summed E-state index contributed by atoms with van der Waals surface area (Å²) in [6, 6.07) is 18.5. The van der Waals surface area contributed by atoms with Gasteiger partial charge in [0.25, 0.3) is 0 Å². The Hall–Kier alpha value is -3.32. The third-order valence-electron chi connectivity index (χ3n) is 3.65. The minimum Gasteiger partial charge on any atom is -0.334 e. The van der Waals surface area contributed by atoms with Crippen molar-refractivity contribution < 1.29 is 4.92 Å². The number of nitro groups is 1. The zero-order valence-electron chi connectivity index (χ0n) is 12.9. The molecule has 1 N–H and O–H groups in total. The van der Waals surface area contributed by atoms with Crippen LogP contribution in [0.15, 0.2) is 66.9 Å². The molecule has 2 aromatic heterocycles. The summed E-state index contributed by atoms with van der Waals surface area (Å²) in [4.78, 5) is 19.4. The zero-order chi connectivity index (χ0) is 17.2. The maximum Gasteiger partial charge on any atom is 0.311 e. The topological polar surface area (TPSA) is 81.0 Å². The molecule has 4 rings (SSSR count). The Bertz CT molecular complexity index is 1040. The number of benzene rings is 2. The summed E-state index contributed by atoms with van der Waals surface area (Å²) < 4.78 is 1.12. The molecule has 122 valence electrons. The highest BCUT2D eigenvalue weighted by molar-refractivity contribution is 7.21. The van der Waals surface area contributed by atoms with Crippen LogP contribution >= 0.6 is 11.3 Å². The molecule has 0 saturated heterocycles. The molecule has 0 bridgehead atoms. The molecule has 7 heteroatoms. The van der Waals surface area contributed by atoms with E-state index in [4.69, 9.17) is 0 Å². The number of fused-ring (bicyclic) bond motifs is 1. The van der Waals surface area contributed by atoms with Gasteiger partial charge in [0.05, 0.1) is 15.1 Å². The molecule has 25 heavy (non-hydrogen) atoms. The van der Waals surface area contributed by atoms with Crippen molar-refractivity contribution in [3.05, 3.63) is 77.0 Å². The van der Waals surface area contributed by atoms with Crippen molar-refractivity contribution in [2.24, 2.45) is 0 Å². The van der Waals surface area contributed by atoms with E-state index in [1.165, 1.54) is 12.3 Å². The Morgan fingerprint density at radius 2 is 1.92 bits per heavy atom. The average molecular weight is 348 g/mol. The van der Waals surface area contributed by atoms with Gasteiger partial charge in [0.15, 0.2) is 0 Å². The second kappa shape index (κ2) is 6.29. The molecule has 0 atom stereocenters. The van der Waals surface area contributed by atoms with Crippen LogP contribution in [0.5, 0.6) is 0 Å². The van der Waals surface area contributed by atoms with Crippen molar-refractivity contribution in [3.63, 3.8) is 0 Å². The standard InChI is InChI=1S/C18H12N4O2S/c23-22(24)15-8-4-10-19-17(15)20-13-6-3-5-12(11-13)18-21-14-7-1-2-9-16(14)25-18/h1-11H,(H,19,20). The van der Waals surface area contributed by atoms with E-state index in [1.807, 2.05) is 48.5 Å². The lowest BCUT2D eigenvalue weighted by Gasteiger charge is -2.07. The molecule has 0 aliphatic rings. The number of aromatic nitrogens is 2. The second-order valence-electron chi connectivity index (χ2n) is 5.32. The van der Waals surface area contributed by atoms with E-state index < -0.39 is 4.92 Å². The lowest BCUT2D eigenvalue weighted by atomic mass is 10.2. The van der Waals surface area contributed by atoms with Crippen LogP contribution in [0.1, 0.15) is 0 Å². The molecule has 0 amide bonds. The maximum absolute atomic E-state index is 11.1. The zero-order valence-corrected chi connectivity index (χ0v) is 13.7. The van der Waals surface area contributed by atoms with Gasteiger partial charge < -0.3 is 5.32 Å². The molecule has 0 aliphatic carbocycles. The summed E-state index contributed by atoms with van der Waals surface area (Å²) in [5.74, 6) is 0.217. The fourth-order valence-electron chi connectivity index (χ4n) is 2.50. The smallest absolute Gasteiger partial charge is 0.311 e. The van der Waals surface area contributed by atoms with Crippen molar-refractivity contribution in [1.29, 1.82) is 0 Å². The van der Waals surface area contributed by atoms with Crippen molar-refractivity contribution in [1.82, 2.24) is 9.97 Å². The Balaban J connectivity index is 1.69. The number of nitrogens with zero attached hydrogens (tertiary/aromatic N) is 3. The SMILES string of the molecule is O=[N+]([O-])c1cccnc1Nc1cccc(-c2nc3ccccc3s2)c1. The molecule has 0 spiro atoms. The summed E-state index contributed by atoms with van der Waals surface area (Å²) in [6.07, 6.45) is 1.52. The van der Waals surface area contributed by atoms with Gasteiger partial charge in [0, 0.05) is 23.5 Å². The first-order chi connectivity index (χ1) is 12.2. The number of hydrogen-bond donors (Lipinski definition) is 1. The van der Waals surface area contributed by atoms with E-state index in [-0.39, 0.29) is 11.5 Å². The fourth-order valence-corrected chi connectivity index (χ4v) is 3.46. The van der Waals surface area contributed by atoms with Crippen LogP contribution in [0, 0.1) is 10.1 Å². The summed E-state index contributed by atoms with van der Waals surface area (Å²) in [7, 11) is 0. The van der Waals surface area contributed by atoms with Gasteiger partial charge in [-0.2, -0.15) is 0 Å². The molecule has 0 radical (unpaired) electrons. The number of hydrogen-bond acceptors (Lipinski definition) is 6. The van der Waals surface area contributed by atoms with Gasteiger partial charge in [-0.25, -0.2) is 9.97 Å². The first-order valence-corrected chi connectivity index (χ1v) is 8.35. The second-order valence-corrected chi connectivity index (χ2v) is 6.35. The van der Waals surface area contributed by atoms with Crippen LogP contribution in [-0.4, -0.2) is 14.9 Å². The number of rotatable bonds is 4. The highest BCUT2D eigenvalue weighted by Gasteiger charge is 2.14. The van der Waals surface area contributed by atoms with Gasteiger partial charge in [0.1, 0.15) is 5.01 Å². The van der Waals surface area contributed by atoms with Gasteiger partial charge in [0.2, 0.25) is 5.82 Å². The minimum absolute atomic E-state index is 0.0621. The molecule has 2 heterocycles. The minimum atomic E-state index is -0.452. The first-order valence-electron chi connectivity index (χ1n) is 7.53. The van der Waals surface area contributed by atoms with Gasteiger partial charge in [-0.05, 0) is 30.3 Å². The third kappa shape index (κ3) is 3.05. The Kier molecular flexibility index (Phi) is 3.83. The number of thiazole rings is 1. The van der Waals surface area contributed by atoms with E-state index in [1.54, 1.807) is 17.4 Å². The van der Waals surface area contributed by atoms with E-state index in [0.717, 1.165) is 26.5 Å². The molecule has 0 fully saturated rings. The van der Waals surface area contributed by atoms with E-state index >= 15 is 0 Å². The van der Waals surface area contributed by atoms with Crippen molar-refractivity contribution >= 4 is 38.7 Å². The Morgan fingerprint density at radius 1 is 1.04 bits per heavy atom. The summed E-state index contributed by atoms with van der Waals surface area (Å²) in [6.45, 7) is 0. The quantitative estimate of drug-likeness (QED) is 0.414. The molecular formula is C18H12N4O2S. The van der Waals surface area contributed by atoms with Crippen LogP contribution in [0.3, 0.4) is 0 Å². The predicted molar refractivity (Wildman–Crippen MR) is 99.2 cm³/mol. The van der Waals surface area contributed by atoms with Gasteiger partial charge in [-0.15, -0.1) is 11.3 Å². The number of nitrogens with one attached hydrogen (secondary N) is 1. The Labute approximate surface area is 147 Å². The predicted octanol–water partition coefficient (Wildman–Crippen LogP) is 5.01. The van der Waals surface area contributed by atoms with Gasteiger partial charge in [-0.3, -0.25) is 10.1 Å². The number of para-hydroxylation sites is 1. The van der Waals surface area contributed by atoms with Crippen molar-refractivity contribution in [2.75, 3.05) is 5.32 Å². The van der Waals surface area contributed by atoms with Crippen molar-refractivity contribution in [2.45, 2.75) is 0 Å². The van der Waals surface area contributed by atoms with E-state index in [2.05, 4.69) is 15.3 Å². The van der Waals surface area contributed by atoms with Gasteiger partial charge >= 0.3 is 5.69 Å². The van der Waals surface area contributed by atoms with Crippen LogP contribution in [0.2, 0.25) is 0 Å². The number of anilines is 2. The molecule has 6 nitrogen and oxygen atoms in total. The third-order valence-corrected chi connectivity index (χ3v) is 4.73. The molecule has 2 aromatic carbocycles. The molecule has 0 saturated carbocycles. The molecule has 0 unspecified atom stereocenters. The van der Waals surface area contributed by atoms with Crippen LogP contribution < -0.4 is 5.32 Å². The van der Waals surface area contributed by atoms with Crippen molar-refractivity contribution in [3.8, 4) is 10.6 Å². The van der Waals surface area contributed by atoms with Crippen LogP contribution in [-0.2, 0) is 0 Å². The molecule has 0 aliphatic heterocycles. The maximum atomic E-state index is 11.1. The first kappa shape index (κ1) is 15.2. The van der Waals surface area contributed by atoms with Crippen LogP contribution in [0.25, 0.3) is 20.8 Å². The largest absolute Gasteiger partial charge is 0.334 e. The van der Waals surface area contributed by atoms with E-state index in [9.17, 15) is 10.1 Å². The monoisotopic (exact) mass is 348 g/mol. The average Bonchev–Trinajstić information content (AvgIpc) is 3.06. The lowest BCUT2D eigenvalue weighted by molar-refractivity contribution is -0.384. The summed E-state index contributed by atoms with van der Waals surface area (Å²) in [5.41, 5.74) is 2.57. The van der Waals surface area contributed by atoms with Crippen LogP contribution in [0.4, 0.5) is 17.2 Å². The summed E-state index contributed by atoms with van der Waals surface area (Å²) >= 11 is 1.61.